The van der Waals surface area contributed by atoms with Crippen LogP contribution in [0.4, 0.5) is 0 Å². The first-order valence-corrected chi connectivity index (χ1v) is 9.57. The Hall–Kier alpha value is -2.93. The number of aryl methyl sites for hydroxylation is 1. The second-order valence-electron chi connectivity index (χ2n) is 7.24. The average Bonchev–Trinajstić information content (AvgIpc) is 3.12. The van der Waals surface area contributed by atoms with Crippen molar-refractivity contribution in [1.82, 2.24) is 24.6 Å². The van der Waals surface area contributed by atoms with Crippen molar-refractivity contribution in [2.24, 2.45) is 7.05 Å². The van der Waals surface area contributed by atoms with Crippen LogP contribution in [0.1, 0.15) is 30.1 Å². The van der Waals surface area contributed by atoms with E-state index in [-0.39, 0.29) is 5.56 Å². The first-order chi connectivity index (χ1) is 13.6. The number of benzene rings is 1. The van der Waals surface area contributed by atoms with Crippen molar-refractivity contribution in [3.63, 3.8) is 0 Å². The molecule has 1 N–H and O–H groups in total. The number of rotatable bonds is 5. The molecule has 0 atom stereocenters. The number of aromatic amines is 1. The van der Waals surface area contributed by atoms with Gasteiger partial charge in [0.05, 0.1) is 18.5 Å². The van der Waals surface area contributed by atoms with E-state index in [2.05, 4.69) is 21.0 Å². The van der Waals surface area contributed by atoms with Crippen LogP contribution in [0, 0.1) is 0 Å². The van der Waals surface area contributed by atoms with E-state index in [9.17, 15) is 4.79 Å². The molecule has 0 radical (unpaired) electrons. The van der Waals surface area contributed by atoms with Gasteiger partial charge in [0, 0.05) is 37.3 Å². The Morgan fingerprint density at radius 3 is 2.57 bits per heavy atom. The Kier molecular flexibility index (Phi) is 5.25. The Morgan fingerprint density at radius 1 is 1.18 bits per heavy atom. The number of H-pyrrole nitrogens is 1. The molecular weight excluding hydrogens is 354 g/mol. The predicted molar refractivity (Wildman–Crippen MR) is 107 cm³/mol. The molecule has 7 nitrogen and oxygen atoms in total. The number of hydrogen-bond acceptors (Lipinski definition) is 5. The van der Waals surface area contributed by atoms with Gasteiger partial charge in [0.1, 0.15) is 11.6 Å². The molecule has 0 saturated carbocycles. The molecule has 1 aromatic carbocycles. The predicted octanol–water partition coefficient (Wildman–Crippen LogP) is 2.56. The molecule has 4 rings (SSSR count). The van der Waals surface area contributed by atoms with E-state index in [0.29, 0.717) is 11.7 Å². The number of piperidine rings is 1. The maximum atomic E-state index is 12.2. The van der Waals surface area contributed by atoms with Gasteiger partial charge in [0.15, 0.2) is 0 Å². The SMILES string of the molecule is COc1ccc(-c2nc(C3CCN(Cc4ccnn4C)CC3)cc(=O)[nH]2)cc1. The van der Waals surface area contributed by atoms with Crippen molar-refractivity contribution in [1.29, 1.82) is 0 Å². The zero-order valence-electron chi connectivity index (χ0n) is 16.3. The highest BCUT2D eigenvalue weighted by atomic mass is 16.5. The maximum absolute atomic E-state index is 12.2. The van der Waals surface area contributed by atoms with Crippen LogP contribution in [0.15, 0.2) is 47.4 Å². The molecule has 146 valence electrons. The summed E-state index contributed by atoms with van der Waals surface area (Å²) in [6.07, 6.45) is 3.83. The average molecular weight is 379 g/mol. The third-order valence-corrected chi connectivity index (χ3v) is 5.44. The summed E-state index contributed by atoms with van der Waals surface area (Å²) in [6, 6.07) is 11.3. The Morgan fingerprint density at radius 2 is 1.93 bits per heavy atom. The summed E-state index contributed by atoms with van der Waals surface area (Å²) in [6.45, 7) is 2.88. The normalized spacial score (nSPS) is 15.6. The first kappa shape index (κ1) is 18.4. The lowest BCUT2D eigenvalue weighted by Crippen LogP contribution is -2.33. The van der Waals surface area contributed by atoms with Crippen LogP contribution >= 0.6 is 0 Å². The van der Waals surface area contributed by atoms with E-state index in [0.717, 1.165) is 49.5 Å². The van der Waals surface area contributed by atoms with Crippen LogP contribution in [0.3, 0.4) is 0 Å². The van der Waals surface area contributed by atoms with Crippen LogP contribution in [0.25, 0.3) is 11.4 Å². The lowest BCUT2D eigenvalue weighted by molar-refractivity contribution is 0.199. The number of methoxy groups -OCH3 is 1. The van der Waals surface area contributed by atoms with E-state index in [1.165, 1.54) is 5.69 Å². The highest BCUT2D eigenvalue weighted by Gasteiger charge is 2.23. The number of aromatic nitrogens is 4. The molecule has 0 bridgehead atoms. The Balaban J connectivity index is 1.47. The minimum Gasteiger partial charge on any atom is -0.497 e. The van der Waals surface area contributed by atoms with Gasteiger partial charge in [-0.15, -0.1) is 0 Å². The zero-order chi connectivity index (χ0) is 19.5. The molecule has 3 aromatic rings. The van der Waals surface area contributed by atoms with Crippen LogP contribution in [-0.4, -0.2) is 44.8 Å². The van der Waals surface area contributed by atoms with E-state index in [1.54, 1.807) is 13.2 Å². The number of likely N-dealkylation sites (tertiary alicyclic amines) is 1. The van der Waals surface area contributed by atoms with Crippen molar-refractivity contribution in [2.75, 3.05) is 20.2 Å². The summed E-state index contributed by atoms with van der Waals surface area (Å²) in [4.78, 5) is 22.3. The number of nitrogens with zero attached hydrogens (tertiary/aromatic N) is 4. The molecule has 1 aliphatic heterocycles. The third kappa shape index (κ3) is 3.99. The monoisotopic (exact) mass is 379 g/mol. The molecular formula is C21H25N5O2. The van der Waals surface area contributed by atoms with Gasteiger partial charge >= 0.3 is 0 Å². The lowest BCUT2D eigenvalue weighted by Gasteiger charge is -2.31. The zero-order valence-corrected chi connectivity index (χ0v) is 16.3. The smallest absolute Gasteiger partial charge is 0.251 e. The molecule has 3 heterocycles. The summed E-state index contributed by atoms with van der Waals surface area (Å²) in [5, 5.41) is 4.24. The van der Waals surface area contributed by atoms with E-state index in [1.807, 2.05) is 42.2 Å². The van der Waals surface area contributed by atoms with Gasteiger partial charge in [-0.3, -0.25) is 14.4 Å². The molecule has 28 heavy (non-hydrogen) atoms. The van der Waals surface area contributed by atoms with Crippen molar-refractivity contribution in [3.05, 3.63) is 64.3 Å². The lowest BCUT2D eigenvalue weighted by atomic mass is 9.93. The van der Waals surface area contributed by atoms with Crippen LogP contribution < -0.4 is 10.3 Å². The van der Waals surface area contributed by atoms with Gasteiger partial charge in [-0.25, -0.2) is 4.98 Å². The highest BCUT2D eigenvalue weighted by molar-refractivity contribution is 5.56. The van der Waals surface area contributed by atoms with E-state index in [4.69, 9.17) is 9.72 Å². The minimum atomic E-state index is -0.104. The van der Waals surface area contributed by atoms with Crippen molar-refractivity contribution >= 4 is 0 Å². The van der Waals surface area contributed by atoms with E-state index < -0.39 is 0 Å². The topological polar surface area (TPSA) is 76.0 Å². The van der Waals surface area contributed by atoms with Crippen molar-refractivity contribution in [2.45, 2.75) is 25.3 Å². The summed E-state index contributed by atoms with van der Waals surface area (Å²) in [7, 11) is 3.61. The first-order valence-electron chi connectivity index (χ1n) is 9.57. The van der Waals surface area contributed by atoms with Gasteiger partial charge in [-0.2, -0.15) is 5.10 Å². The summed E-state index contributed by atoms with van der Waals surface area (Å²) < 4.78 is 7.12. The number of ether oxygens (including phenoxy) is 1. The molecule has 2 aromatic heterocycles. The van der Waals surface area contributed by atoms with Crippen LogP contribution in [0.5, 0.6) is 5.75 Å². The molecule has 1 aliphatic rings. The molecule has 1 fully saturated rings. The summed E-state index contributed by atoms with van der Waals surface area (Å²) in [5.74, 6) is 1.70. The van der Waals surface area contributed by atoms with Crippen molar-refractivity contribution in [3.8, 4) is 17.1 Å². The highest BCUT2D eigenvalue weighted by Crippen LogP contribution is 2.28. The van der Waals surface area contributed by atoms with Crippen LogP contribution in [-0.2, 0) is 13.6 Å². The molecule has 0 spiro atoms. The van der Waals surface area contributed by atoms with E-state index >= 15 is 0 Å². The maximum Gasteiger partial charge on any atom is 0.251 e. The van der Waals surface area contributed by atoms with Gasteiger partial charge in [0.2, 0.25) is 0 Å². The quantitative estimate of drug-likeness (QED) is 0.737. The largest absolute Gasteiger partial charge is 0.497 e. The third-order valence-electron chi connectivity index (χ3n) is 5.44. The summed E-state index contributed by atoms with van der Waals surface area (Å²) >= 11 is 0. The van der Waals surface area contributed by atoms with Crippen LogP contribution in [0.2, 0.25) is 0 Å². The molecule has 7 heteroatoms. The second kappa shape index (κ2) is 7.98. The van der Waals surface area contributed by atoms with Crippen molar-refractivity contribution < 1.29 is 4.74 Å². The molecule has 0 amide bonds. The molecule has 0 unspecified atom stereocenters. The number of nitrogens with one attached hydrogen (secondary N) is 1. The van der Waals surface area contributed by atoms with Gasteiger partial charge in [-0.1, -0.05) is 0 Å². The Bertz CT molecular complexity index is 985. The number of hydrogen-bond donors (Lipinski definition) is 1. The van der Waals surface area contributed by atoms with Gasteiger partial charge in [-0.05, 0) is 56.3 Å². The van der Waals surface area contributed by atoms with Gasteiger partial charge < -0.3 is 9.72 Å². The fourth-order valence-corrected chi connectivity index (χ4v) is 3.74. The fraction of sp³-hybridized carbons (Fsp3) is 0.381. The van der Waals surface area contributed by atoms with Gasteiger partial charge in [0.25, 0.3) is 5.56 Å². The second-order valence-corrected chi connectivity index (χ2v) is 7.24. The molecule has 0 aliphatic carbocycles. The fourth-order valence-electron chi connectivity index (χ4n) is 3.74. The minimum absolute atomic E-state index is 0.104. The Labute approximate surface area is 164 Å². The standard InChI is InChI=1S/C21H25N5O2/c1-25-17(7-10-22-25)14-26-11-8-15(9-12-26)19-13-20(27)24-21(23-19)16-3-5-18(28-2)6-4-16/h3-7,10,13,15H,8-9,11-12,14H2,1-2H3,(H,23,24,27). The molecule has 1 saturated heterocycles. The summed E-state index contributed by atoms with van der Waals surface area (Å²) in [5.41, 5.74) is 2.88.